The van der Waals surface area contributed by atoms with Crippen molar-refractivity contribution in [2.45, 2.75) is 25.8 Å². The molecule has 0 saturated carbocycles. The predicted octanol–water partition coefficient (Wildman–Crippen LogP) is -0.360. The van der Waals surface area contributed by atoms with Crippen LogP contribution in [0.2, 0.25) is 0 Å². The molecule has 1 unspecified atom stereocenters. The largest absolute Gasteiger partial charge is 0.381 e. The van der Waals surface area contributed by atoms with Crippen molar-refractivity contribution < 1.29 is 13.7 Å². The first-order valence-electron chi connectivity index (χ1n) is 6.15. The first kappa shape index (κ1) is 14.6. The SMILES string of the molecule is CCS(=O)CCNCC(=O)NC1CCOCC1. The Bertz CT molecular complexity index is 255. The van der Waals surface area contributed by atoms with Gasteiger partial charge in [-0.25, -0.2) is 0 Å². The smallest absolute Gasteiger partial charge is 0.234 e. The molecule has 6 heteroatoms. The topological polar surface area (TPSA) is 67.4 Å². The monoisotopic (exact) mass is 262 g/mol. The Morgan fingerprint density at radius 3 is 2.76 bits per heavy atom. The van der Waals surface area contributed by atoms with Gasteiger partial charge in [0.25, 0.3) is 0 Å². The quantitative estimate of drug-likeness (QED) is 0.615. The van der Waals surface area contributed by atoms with Crippen LogP contribution in [0, 0.1) is 0 Å². The van der Waals surface area contributed by atoms with Gasteiger partial charge in [0.15, 0.2) is 0 Å². The van der Waals surface area contributed by atoms with E-state index in [4.69, 9.17) is 4.74 Å². The van der Waals surface area contributed by atoms with E-state index in [1.165, 1.54) is 0 Å². The van der Waals surface area contributed by atoms with E-state index in [1.807, 2.05) is 6.92 Å². The summed E-state index contributed by atoms with van der Waals surface area (Å²) in [5.41, 5.74) is 0. The Morgan fingerprint density at radius 2 is 2.12 bits per heavy atom. The Balaban J connectivity index is 2.02. The Hall–Kier alpha value is -0.460. The van der Waals surface area contributed by atoms with Crippen molar-refractivity contribution in [2.24, 2.45) is 0 Å². The normalized spacial score (nSPS) is 18.9. The summed E-state index contributed by atoms with van der Waals surface area (Å²) in [5, 5.41) is 5.97. The van der Waals surface area contributed by atoms with Crippen LogP contribution in [-0.2, 0) is 20.3 Å². The summed E-state index contributed by atoms with van der Waals surface area (Å²) in [4.78, 5) is 11.5. The number of hydrogen-bond acceptors (Lipinski definition) is 4. The van der Waals surface area contributed by atoms with Crippen molar-refractivity contribution >= 4 is 16.7 Å². The molecular weight excluding hydrogens is 240 g/mol. The number of carbonyl (C=O) groups excluding carboxylic acids is 1. The van der Waals surface area contributed by atoms with Crippen LogP contribution < -0.4 is 10.6 Å². The molecule has 2 N–H and O–H groups in total. The highest BCUT2D eigenvalue weighted by molar-refractivity contribution is 7.84. The fraction of sp³-hybridized carbons (Fsp3) is 0.909. The van der Waals surface area contributed by atoms with Crippen LogP contribution in [0.3, 0.4) is 0 Å². The van der Waals surface area contributed by atoms with E-state index in [1.54, 1.807) is 0 Å². The lowest BCUT2D eigenvalue weighted by atomic mass is 10.1. The van der Waals surface area contributed by atoms with Crippen molar-refractivity contribution in [1.82, 2.24) is 10.6 Å². The van der Waals surface area contributed by atoms with E-state index in [0.29, 0.717) is 24.6 Å². The van der Waals surface area contributed by atoms with Gasteiger partial charge in [-0.3, -0.25) is 9.00 Å². The molecule has 0 bridgehead atoms. The highest BCUT2D eigenvalue weighted by Crippen LogP contribution is 2.05. The van der Waals surface area contributed by atoms with Crippen LogP contribution in [0.25, 0.3) is 0 Å². The van der Waals surface area contributed by atoms with Gasteiger partial charge in [-0.1, -0.05) is 6.92 Å². The lowest BCUT2D eigenvalue weighted by Crippen LogP contribution is -2.43. The molecule has 5 nitrogen and oxygen atoms in total. The molecule has 1 heterocycles. The lowest BCUT2D eigenvalue weighted by molar-refractivity contribution is -0.121. The van der Waals surface area contributed by atoms with Crippen LogP contribution in [0.15, 0.2) is 0 Å². The summed E-state index contributed by atoms with van der Waals surface area (Å²) in [6.07, 6.45) is 1.79. The third-order valence-corrected chi connectivity index (χ3v) is 4.00. The van der Waals surface area contributed by atoms with Crippen LogP contribution >= 0.6 is 0 Å². The van der Waals surface area contributed by atoms with Crippen molar-refractivity contribution in [3.05, 3.63) is 0 Å². The van der Waals surface area contributed by atoms with Gasteiger partial charge in [0.1, 0.15) is 0 Å². The average molecular weight is 262 g/mol. The Morgan fingerprint density at radius 1 is 1.41 bits per heavy atom. The van der Waals surface area contributed by atoms with E-state index < -0.39 is 10.8 Å². The lowest BCUT2D eigenvalue weighted by Gasteiger charge is -2.23. The zero-order valence-corrected chi connectivity index (χ0v) is 11.2. The molecule has 100 valence electrons. The standard InChI is InChI=1S/C11H22N2O3S/c1-2-17(15)8-5-12-9-11(14)13-10-3-6-16-7-4-10/h10,12H,2-9H2,1H3,(H,13,14). The molecule has 0 spiro atoms. The summed E-state index contributed by atoms with van der Waals surface area (Å²) in [5.74, 6) is 1.30. The number of rotatable bonds is 7. The Labute approximate surface area is 105 Å². The molecule has 1 aliphatic rings. The molecule has 0 aromatic heterocycles. The maximum absolute atomic E-state index is 11.5. The molecule has 1 fully saturated rings. The van der Waals surface area contributed by atoms with Gasteiger partial charge in [-0.2, -0.15) is 0 Å². The molecule has 0 radical (unpaired) electrons. The van der Waals surface area contributed by atoms with Crippen LogP contribution in [-0.4, -0.2) is 54.0 Å². The van der Waals surface area contributed by atoms with Crippen molar-refractivity contribution in [3.8, 4) is 0 Å². The molecule has 1 aliphatic heterocycles. The average Bonchev–Trinajstić information content (AvgIpc) is 2.35. The molecule has 0 aliphatic carbocycles. The minimum Gasteiger partial charge on any atom is -0.381 e. The first-order valence-corrected chi connectivity index (χ1v) is 7.64. The number of amides is 1. The minimum atomic E-state index is -0.759. The zero-order valence-electron chi connectivity index (χ0n) is 10.4. The molecule has 1 amide bonds. The van der Waals surface area contributed by atoms with Gasteiger partial charge >= 0.3 is 0 Å². The van der Waals surface area contributed by atoms with Crippen LogP contribution in [0.1, 0.15) is 19.8 Å². The van der Waals surface area contributed by atoms with Gasteiger partial charge < -0.3 is 15.4 Å². The molecule has 0 aromatic rings. The van der Waals surface area contributed by atoms with E-state index in [2.05, 4.69) is 10.6 Å². The second-order valence-electron chi connectivity index (χ2n) is 4.06. The fourth-order valence-electron chi connectivity index (χ4n) is 1.65. The van der Waals surface area contributed by atoms with E-state index in [9.17, 15) is 9.00 Å². The molecule has 1 saturated heterocycles. The number of nitrogens with one attached hydrogen (secondary N) is 2. The van der Waals surface area contributed by atoms with Crippen LogP contribution in [0.4, 0.5) is 0 Å². The fourth-order valence-corrected chi connectivity index (χ4v) is 2.31. The minimum absolute atomic E-state index is 0.0131. The van der Waals surface area contributed by atoms with E-state index >= 15 is 0 Å². The number of ether oxygens (including phenoxy) is 1. The van der Waals surface area contributed by atoms with E-state index in [0.717, 1.165) is 26.1 Å². The zero-order chi connectivity index (χ0) is 12.5. The van der Waals surface area contributed by atoms with Gasteiger partial charge in [-0.15, -0.1) is 0 Å². The third-order valence-electron chi connectivity index (χ3n) is 2.70. The maximum atomic E-state index is 11.5. The summed E-state index contributed by atoms with van der Waals surface area (Å²) >= 11 is 0. The van der Waals surface area contributed by atoms with E-state index in [-0.39, 0.29) is 11.9 Å². The van der Waals surface area contributed by atoms with Crippen molar-refractivity contribution in [2.75, 3.05) is 37.8 Å². The van der Waals surface area contributed by atoms with Gasteiger partial charge in [0.2, 0.25) is 5.91 Å². The highest BCUT2D eigenvalue weighted by atomic mass is 32.2. The number of hydrogen-bond donors (Lipinski definition) is 2. The predicted molar refractivity (Wildman–Crippen MR) is 68.4 cm³/mol. The summed E-state index contributed by atoms with van der Waals surface area (Å²) in [7, 11) is -0.759. The summed E-state index contributed by atoms with van der Waals surface area (Å²) in [6.45, 7) is 4.29. The third kappa shape index (κ3) is 6.75. The van der Waals surface area contributed by atoms with Crippen LogP contribution in [0.5, 0.6) is 0 Å². The highest BCUT2D eigenvalue weighted by Gasteiger charge is 2.15. The van der Waals surface area contributed by atoms with Gasteiger partial charge in [-0.05, 0) is 12.8 Å². The molecule has 1 rings (SSSR count). The molecule has 0 aromatic carbocycles. The molecule has 1 atom stereocenters. The van der Waals surface area contributed by atoms with Crippen molar-refractivity contribution in [3.63, 3.8) is 0 Å². The van der Waals surface area contributed by atoms with Gasteiger partial charge in [0, 0.05) is 48.1 Å². The van der Waals surface area contributed by atoms with Gasteiger partial charge in [0.05, 0.1) is 6.54 Å². The molecular formula is C11H22N2O3S. The first-order chi connectivity index (χ1) is 8.22. The van der Waals surface area contributed by atoms with Crippen molar-refractivity contribution in [1.29, 1.82) is 0 Å². The maximum Gasteiger partial charge on any atom is 0.234 e. The number of carbonyl (C=O) groups is 1. The second-order valence-corrected chi connectivity index (χ2v) is 5.93. The summed E-state index contributed by atoms with van der Waals surface area (Å²) < 4.78 is 16.3. The Kier molecular flexibility index (Phi) is 7.39. The second kappa shape index (κ2) is 8.60. The summed E-state index contributed by atoms with van der Waals surface area (Å²) in [6, 6.07) is 0.253. The molecule has 17 heavy (non-hydrogen) atoms.